The molecule has 0 saturated heterocycles. The van der Waals surface area contributed by atoms with Crippen molar-refractivity contribution in [2.24, 2.45) is 0 Å². The lowest BCUT2D eigenvalue weighted by Gasteiger charge is -2.18. The van der Waals surface area contributed by atoms with Crippen LogP contribution in [0.4, 0.5) is 19.1 Å². The number of hydrogen-bond donors (Lipinski definition) is 1. The molecule has 0 saturated carbocycles. The monoisotopic (exact) mass is 373 g/mol. The molecule has 140 valence electrons. The van der Waals surface area contributed by atoms with Gasteiger partial charge in [-0.15, -0.1) is 0 Å². The molecule has 0 amide bonds. The fourth-order valence-corrected chi connectivity index (χ4v) is 3.16. The molecule has 4 rings (SSSR count). The second kappa shape index (κ2) is 6.68. The number of pyridine rings is 1. The summed E-state index contributed by atoms with van der Waals surface area (Å²) >= 11 is 0. The molecule has 0 aromatic carbocycles. The van der Waals surface area contributed by atoms with Gasteiger partial charge in [-0.3, -0.25) is 0 Å². The average molecular weight is 373 g/mol. The van der Waals surface area contributed by atoms with Gasteiger partial charge in [0.05, 0.1) is 5.69 Å². The molecule has 0 radical (unpaired) electrons. The van der Waals surface area contributed by atoms with Crippen molar-refractivity contribution in [2.75, 3.05) is 5.32 Å². The van der Waals surface area contributed by atoms with Crippen molar-refractivity contribution < 1.29 is 13.2 Å². The second-order valence-corrected chi connectivity index (χ2v) is 6.58. The third-order valence-electron chi connectivity index (χ3n) is 4.66. The SMILES string of the molecule is C[C@@H](Nc1ncc2c(n1)CCCC=C2c1ccc2nccn2c1)C(F)(F)F. The number of anilines is 1. The maximum atomic E-state index is 12.8. The van der Waals surface area contributed by atoms with Crippen LogP contribution in [0, 0.1) is 0 Å². The quantitative estimate of drug-likeness (QED) is 0.746. The van der Waals surface area contributed by atoms with E-state index in [9.17, 15) is 13.2 Å². The van der Waals surface area contributed by atoms with Crippen LogP contribution in [0.2, 0.25) is 0 Å². The van der Waals surface area contributed by atoms with Crippen molar-refractivity contribution in [3.8, 4) is 0 Å². The topological polar surface area (TPSA) is 55.1 Å². The first-order chi connectivity index (χ1) is 12.9. The van der Waals surface area contributed by atoms with E-state index in [4.69, 9.17) is 0 Å². The molecule has 8 heteroatoms. The summed E-state index contributed by atoms with van der Waals surface area (Å²) < 4.78 is 40.3. The highest BCUT2D eigenvalue weighted by molar-refractivity contribution is 5.81. The Morgan fingerprint density at radius 1 is 1.22 bits per heavy atom. The van der Waals surface area contributed by atoms with Gasteiger partial charge in [-0.1, -0.05) is 6.08 Å². The van der Waals surface area contributed by atoms with Gasteiger partial charge in [0, 0.05) is 30.4 Å². The number of allylic oxidation sites excluding steroid dienone is 1. The van der Waals surface area contributed by atoms with Gasteiger partial charge in [-0.25, -0.2) is 15.0 Å². The summed E-state index contributed by atoms with van der Waals surface area (Å²) in [4.78, 5) is 12.8. The summed E-state index contributed by atoms with van der Waals surface area (Å²) in [6.45, 7) is 1.06. The fourth-order valence-electron chi connectivity index (χ4n) is 3.16. The van der Waals surface area contributed by atoms with Crippen molar-refractivity contribution in [2.45, 2.75) is 38.4 Å². The molecule has 0 unspecified atom stereocenters. The molecule has 5 nitrogen and oxygen atoms in total. The predicted octanol–water partition coefficient (Wildman–Crippen LogP) is 4.26. The Morgan fingerprint density at radius 2 is 2.07 bits per heavy atom. The van der Waals surface area contributed by atoms with Crippen LogP contribution in [0.15, 0.2) is 43.0 Å². The zero-order valence-electron chi connectivity index (χ0n) is 14.7. The molecule has 3 heterocycles. The van der Waals surface area contributed by atoms with E-state index >= 15 is 0 Å². The first-order valence-electron chi connectivity index (χ1n) is 8.74. The molecule has 1 N–H and O–H groups in total. The van der Waals surface area contributed by atoms with Crippen LogP contribution in [0.5, 0.6) is 0 Å². The molecular weight excluding hydrogens is 355 g/mol. The average Bonchev–Trinajstić information content (AvgIpc) is 2.99. The molecule has 3 aromatic rings. The number of imidazole rings is 1. The summed E-state index contributed by atoms with van der Waals surface area (Å²) in [6.07, 6.45) is 7.45. The number of aromatic nitrogens is 4. The van der Waals surface area contributed by atoms with Gasteiger partial charge in [0.15, 0.2) is 0 Å². The van der Waals surface area contributed by atoms with E-state index in [0.717, 1.165) is 47.8 Å². The molecule has 1 aliphatic carbocycles. The summed E-state index contributed by atoms with van der Waals surface area (Å²) in [6, 6.07) is 2.21. The van der Waals surface area contributed by atoms with Gasteiger partial charge in [0.1, 0.15) is 11.7 Å². The maximum absolute atomic E-state index is 12.8. The molecule has 0 aliphatic heterocycles. The summed E-state index contributed by atoms with van der Waals surface area (Å²) in [5.41, 5.74) is 4.46. The minimum Gasteiger partial charge on any atom is -0.343 e. The second-order valence-electron chi connectivity index (χ2n) is 6.58. The van der Waals surface area contributed by atoms with E-state index in [-0.39, 0.29) is 5.95 Å². The summed E-state index contributed by atoms with van der Waals surface area (Å²) in [5.74, 6) is 0.00452. The van der Waals surface area contributed by atoms with E-state index in [1.807, 2.05) is 28.9 Å². The van der Waals surface area contributed by atoms with E-state index < -0.39 is 12.2 Å². The van der Waals surface area contributed by atoms with E-state index in [0.29, 0.717) is 6.42 Å². The van der Waals surface area contributed by atoms with Crippen LogP contribution in [-0.4, -0.2) is 31.6 Å². The Bertz CT molecular complexity index is 1010. The largest absolute Gasteiger partial charge is 0.408 e. The molecular formula is C19H18F3N5. The lowest BCUT2D eigenvalue weighted by molar-refractivity contribution is -0.138. The van der Waals surface area contributed by atoms with Gasteiger partial charge in [0.2, 0.25) is 5.95 Å². The Morgan fingerprint density at radius 3 is 2.89 bits per heavy atom. The van der Waals surface area contributed by atoms with Crippen LogP contribution in [0.3, 0.4) is 0 Å². The highest BCUT2D eigenvalue weighted by Gasteiger charge is 2.36. The van der Waals surface area contributed by atoms with Gasteiger partial charge in [-0.2, -0.15) is 13.2 Å². The van der Waals surface area contributed by atoms with Gasteiger partial charge < -0.3 is 9.72 Å². The Balaban J connectivity index is 1.69. The predicted molar refractivity (Wildman–Crippen MR) is 96.4 cm³/mol. The van der Waals surface area contributed by atoms with E-state index in [1.165, 1.54) is 0 Å². The highest BCUT2D eigenvalue weighted by atomic mass is 19.4. The Kier molecular flexibility index (Phi) is 4.33. The number of fused-ring (bicyclic) bond motifs is 2. The summed E-state index contributed by atoms with van der Waals surface area (Å²) in [5, 5.41) is 2.35. The summed E-state index contributed by atoms with van der Waals surface area (Å²) in [7, 11) is 0. The number of alkyl halides is 3. The van der Waals surface area contributed by atoms with Crippen LogP contribution < -0.4 is 5.32 Å². The standard InChI is InChI=1S/C19H18F3N5/c1-12(19(20,21)22)25-18-24-10-15-14(4-2-3-5-16(15)26-18)13-6-7-17-23-8-9-27(17)11-13/h4,6-12H,2-3,5H2,1H3,(H,24,25,26)/t12-/m1/s1. The lowest BCUT2D eigenvalue weighted by Crippen LogP contribution is -2.33. The normalized spacial score (nSPS) is 15.8. The van der Waals surface area contributed by atoms with Gasteiger partial charge >= 0.3 is 6.18 Å². The van der Waals surface area contributed by atoms with Crippen LogP contribution in [-0.2, 0) is 6.42 Å². The number of nitrogens with zero attached hydrogens (tertiary/aromatic N) is 4. The zero-order valence-corrected chi connectivity index (χ0v) is 14.7. The Hall–Kier alpha value is -2.90. The van der Waals surface area contributed by atoms with Crippen LogP contribution in [0.1, 0.15) is 36.6 Å². The van der Waals surface area contributed by atoms with Gasteiger partial charge in [-0.05, 0) is 49.5 Å². The smallest absolute Gasteiger partial charge is 0.343 e. The van der Waals surface area contributed by atoms with Crippen LogP contribution >= 0.6 is 0 Å². The third-order valence-corrected chi connectivity index (χ3v) is 4.66. The first-order valence-corrected chi connectivity index (χ1v) is 8.74. The lowest BCUT2D eigenvalue weighted by atomic mass is 9.99. The van der Waals surface area contributed by atoms with Crippen molar-refractivity contribution in [3.05, 3.63) is 59.8 Å². The van der Waals surface area contributed by atoms with E-state index in [1.54, 1.807) is 12.4 Å². The molecule has 0 bridgehead atoms. The molecule has 1 atom stereocenters. The molecule has 0 fully saturated rings. The molecule has 1 aliphatic rings. The minimum absolute atomic E-state index is 0.00452. The van der Waals surface area contributed by atoms with Crippen LogP contribution in [0.25, 0.3) is 11.2 Å². The van der Waals surface area contributed by atoms with Crippen molar-refractivity contribution >= 4 is 17.2 Å². The number of aryl methyl sites for hydroxylation is 1. The van der Waals surface area contributed by atoms with Crippen molar-refractivity contribution in [1.82, 2.24) is 19.4 Å². The molecule has 3 aromatic heterocycles. The number of rotatable bonds is 3. The third kappa shape index (κ3) is 3.51. The zero-order chi connectivity index (χ0) is 19.0. The first kappa shape index (κ1) is 17.5. The number of halogens is 3. The minimum atomic E-state index is -4.35. The molecule has 27 heavy (non-hydrogen) atoms. The number of hydrogen-bond acceptors (Lipinski definition) is 4. The highest BCUT2D eigenvalue weighted by Crippen LogP contribution is 2.31. The maximum Gasteiger partial charge on any atom is 0.408 e. The van der Waals surface area contributed by atoms with Crippen molar-refractivity contribution in [1.29, 1.82) is 0 Å². The molecule has 0 spiro atoms. The Labute approximate surface area is 154 Å². The fraction of sp³-hybridized carbons (Fsp3) is 0.316. The van der Waals surface area contributed by atoms with Gasteiger partial charge in [0.25, 0.3) is 0 Å². The number of nitrogens with one attached hydrogen (secondary N) is 1. The van der Waals surface area contributed by atoms with E-state index in [2.05, 4.69) is 26.3 Å². The van der Waals surface area contributed by atoms with Crippen molar-refractivity contribution in [3.63, 3.8) is 0 Å².